The highest BCUT2D eigenvalue weighted by atomic mass is 16.3. The first kappa shape index (κ1) is 19.9. The van der Waals surface area contributed by atoms with Crippen molar-refractivity contribution in [1.29, 1.82) is 0 Å². The Labute approximate surface area is 183 Å². The Morgan fingerprint density at radius 2 is 1.94 bits per heavy atom. The summed E-state index contributed by atoms with van der Waals surface area (Å²) in [6, 6.07) is 13.8. The van der Waals surface area contributed by atoms with Crippen molar-refractivity contribution in [1.82, 2.24) is 14.5 Å². The fourth-order valence-electron chi connectivity index (χ4n) is 5.68. The maximum atomic E-state index is 13.6. The molecule has 0 unspecified atom stereocenters. The van der Waals surface area contributed by atoms with Gasteiger partial charge in [0, 0.05) is 42.5 Å². The predicted molar refractivity (Wildman–Crippen MR) is 120 cm³/mol. The molecule has 1 amide bonds. The molecule has 1 N–H and O–H groups in total. The van der Waals surface area contributed by atoms with Crippen LogP contribution in [0.2, 0.25) is 0 Å². The van der Waals surface area contributed by atoms with E-state index in [2.05, 4.69) is 31.8 Å². The molecule has 2 bridgehead atoms. The largest absolute Gasteiger partial charge is 0.508 e. The van der Waals surface area contributed by atoms with Crippen molar-refractivity contribution in [2.24, 2.45) is 5.41 Å². The van der Waals surface area contributed by atoms with Crippen LogP contribution in [0.1, 0.15) is 54.2 Å². The van der Waals surface area contributed by atoms with Crippen LogP contribution in [0.5, 0.6) is 5.75 Å². The second-order valence-corrected chi connectivity index (χ2v) is 9.76. The zero-order valence-electron chi connectivity index (χ0n) is 18.4. The van der Waals surface area contributed by atoms with E-state index in [1.54, 1.807) is 18.6 Å². The van der Waals surface area contributed by atoms with Gasteiger partial charge in [-0.2, -0.15) is 0 Å². The van der Waals surface area contributed by atoms with Crippen LogP contribution in [-0.4, -0.2) is 38.1 Å². The summed E-state index contributed by atoms with van der Waals surface area (Å²) in [4.78, 5) is 19.7. The minimum Gasteiger partial charge on any atom is -0.508 e. The zero-order valence-corrected chi connectivity index (χ0v) is 18.4. The summed E-state index contributed by atoms with van der Waals surface area (Å²) < 4.78 is 2.01. The van der Waals surface area contributed by atoms with Crippen molar-refractivity contribution >= 4 is 5.91 Å². The van der Waals surface area contributed by atoms with E-state index in [0.29, 0.717) is 12.2 Å². The van der Waals surface area contributed by atoms with Crippen LogP contribution in [0.25, 0.3) is 0 Å². The Kier molecular flexibility index (Phi) is 4.47. The fourth-order valence-corrected chi connectivity index (χ4v) is 5.68. The van der Waals surface area contributed by atoms with Gasteiger partial charge >= 0.3 is 0 Å². The van der Waals surface area contributed by atoms with Crippen molar-refractivity contribution in [2.45, 2.75) is 51.6 Å². The van der Waals surface area contributed by atoms with Gasteiger partial charge in [-0.15, -0.1) is 0 Å². The molecule has 0 radical (unpaired) electrons. The van der Waals surface area contributed by atoms with Gasteiger partial charge < -0.3 is 14.6 Å². The Bertz CT molecular complexity index is 1120. The number of nitrogens with zero attached hydrogens (tertiary/aromatic N) is 3. The summed E-state index contributed by atoms with van der Waals surface area (Å²) in [5.74, 6) is 0.426. The molecule has 5 heteroatoms. The average molecular weight is 416 g/mol. The monoisotopic (exact) mass is 415 g/mol. The lowest BCUT2D eigenvalue weighted by Gasteiger charge is -2.60. The molecule has 2 aromatic carbocycles. The van der Waals surface area contributed by atoms with E-state index < -0.39 is 0 Å². The molecule has 5 rings (SSSR count). The highest BCUT2D eigenvalue weighted by Crippen LogP contribution is 2.57. The molecule has 2 atom stereocenters. The van der Waals surface area contributed by atoms with Crippen LogP contribution in [-0.2, 0) is 18.4 Å². The predicted octanol–water partition coefficient (Wildman–Crippen LogP) is 4.39. The highest BCUT2D eigenvalue weighted by Gasteiger charge is 2.57. The molecule has 1 aliphatic heterocycles. The molecule has 0 saturated carbocycles. The van der Waals surface area contributed by atoms with E-state index >= 15 is 0 Å². The number of hydrogen-bond donors (Lipinski definition) is 1. The number of aromatic nitrogens is 2. The van der Waals surface area contributed by atoms with Gasteiger partial charge in [0.05, 0.1) is 6.33 Å². The van der Waals surface area contributed by atoms with Crippen molar-refractivity contribution in [2.75, 3.05) is 6.54 Å². The fraction of sp³-hybridized carbons (Fsp3) is 0.385. The molecular weight excluding hydrogens is 386 g/mol. The lowest BCUT2D eigenvalue weighted by atomic mass is 9.51. The summed E-state index contributed by atoms with van der Waals surface area (Å²) in [6.07, 6.45) is 7.07. The van der Waals surface area contributed by atoms with Crippen LogP contribution >= 0.6 is 0 Å². The molecule has 5 nitrogen and oxygen atoms in total. The molecule has 1 saturated heterocycles. The van der Waals surface area contributed by atoms with Gasteiger partial charge in [0.25, 0.3) is 5.91 Å². The molecule has 2 aliphatic rings. The summed E-state index contributed by atoms with van der Waals surface area (Å²) in [7, 11) is 0. The number of amides is 1. The van der Waals surface area contributed by atoms with E-state index in [1.165, 1.54) is 5.56 Å². The van der Waals surface area contributed by atoms with Gasteiger partial charge in [-0.3, -0.25) is 4.79 Å². The Morgan fingerprint density at radius 1 is 1.16 bits per heavy atom. The molecule has 3 aromatic rings. The van der Waals surface area contributed by atoms with Gasteiger partial charge in [0.15, 0.2) is 0 Å². The lowest BCUT2D eigenvalue weighted by Crippen LogP contribution is -2.64. The van der Waals surface area contributed by atoms with Crippen molar-refractivity contribution < 1.29 is 9.90 Å². The van der Waals surface area contributed by atoms with E-state index in [1.807, 2.05) is 46.0 Å². The third-order valence-corrected chi connectivity index (χ3v) is 8.01. The minimum absolute atomic E-state index is 0.0465. The summed E-state index contributed by atoms with van der Waals surface area (Å²) in [6.45, 7) is 8.32. The second kappa shape index (κ2) is 6.98. The maximum Gasteiger partial charge on any atom is 0.254 e. The van der Waals surface area contributed by atoms with Crippen LogP contribution in [0.15, 0.2) is 61.2 Å². The number of carbonyl (C=O) groups is 1. The Balaban J connectivity index is 1.44. The molecular formula is C26H29N3O2. The SMILES string of the molecule is CC1(C)[C@H]2Cc3c(O)cccc3[C@]1(C)CCN2C(=O)c1ccc(Cn2ccnc2)cc1. The number of fused-ring (bicyclic) bond motifs is 4. The number of imidazole rings is 1. The molecule has 1 aromatic heterocycles. The first-order valence-corrected chi connectivity index (χ1v) is 11.0. The van der Waals surface area contributed by atoms with E-state index in [9.17, 15) is 9.90 Å². The van der Waals surface area contributed by atoms with Crippen LogP contribution < -0.4 is 0 Å². The van der Waals surface area contributed by atoms with E-state index in [-0.39, 0.29) is 22.8 Å². The Morgan fingerprint density at radius 3 is 2.65 bits per heavy atom. The zero-order chi connectivity index (χ0) is 21.8. The molecule has 2 heterocycles. The first-order chi connectivity index (χ1) is 14.8. The molecule has 0 spiro atoms. The first-order valence-electron chi connectivity index (χ1n) is 11.0. The van der Waals surface area contributed by atoms with Crippen LogP contribution in [0.4, 0.5) is 0 Å². The lowest BCUT2D eigenvalue weighted by molar-refractivity contribution is -0.0266. The second-order valence-electron chi connectivity index (χ2n) is 9.76. The smallest absolute Gasteiger partial charge is 0.254 e. The third-order valence-electron chi connectivity index (χ3n) is 8.01. The number of benzene rings is 2. The van der Waals surface area contributed by atoms with Gasteiger partial charge in [-0.1, -0.05) is 45.0 Å². The standard InChI is InChI=1S/C26H29N3O2/c1-25(2)23-15-20-21(5-4-6-22(20)30)26(25,3)11-13-29(23)24(31)19-9-7-18(8-10-19)16-28-14-12-27-17-28/h4-10,12,14,17,23,30H,11,13,15-16H2,1-3H3/t23-,26+/m1/s1. The summed E-state index contributed by atoms with van der Waals surface area (Å²) >= 11 is 0. The number of carbonyl (C=O) groups excluding carboxylic acids is 1. The quantitative estimate of drug-likeness (QED) is 0.690. The van der Waals surface area contributed by atoms with E-state index in [0.717, 1.165) is 36.2 Å². The molecule has 1 fully saturated rings. The summed E-state index contributed by atoms with van der Waals surface area (Å²) in [5.41, 5.74) is 3.93. The number of phenols is 1. The van der Waals surface area contributed by atoms with Gasteiger partial charge in [0.2, 0.25) is 0 Å². The van der Waals surface area contributed by atoms with Crippen molar-refractivity contribution in [3.63, 3.8) is 0 Å². The maximum absolute atomic E-state index is 13.6. The molecule has 1 aliphatic carbocycles. The van der Waals surface area contributed by atoms with Crippen molar-refractivity contribution in [3.8, 4) is 5.75 Å². The van der Waals surface area contributed by atoms with Gasteiger partial charge in [-0.05, 0) is 53.1 Å². The Hall–Kier alpha value is -3.08. The van der Waals surface area contributed by atoms with Gasteiger partial charge in [0.1, 0.15) is 5.75 Å². The minimum atomic E-state index is -0.0942. The number of likely N-dealkylation sites (tertiary alicyclic amines) is 1. The summed E-state index contributed by atoms with van der Waals surface area (Å²) in [5, 5.41) is 10.6. The normalized spacial score (nSPS) is 24.0. The number of phenolic OH excluding ortho intramolecular Hbond substituents is 1. The average Bonchev–Trinajstić information content (AvgIpc) is 3.24. The van der Waals surface area contributed by atoms with Crippen molar-refractivity contribution in [3.05, 3.63) is 83.4 Å². The topological polar surface area (TPSA) is 58.4 Å². The number of piperidine rings is 1. The molecule has 160 valence electrons. The number of aromatic hydroxyl groups is 1. The number of rotatable bonds is 3. The number of hydrogen-bond acceptors (Lipinski definition) is 3. The highest BCUT2D eigenvalue weighted by molar-refractivity contribution is 5.94. The van der Waals surface area contributed by atoms with Gasteiger partial charge in [-0.25, -0.2) is 4.98 Å². The molecule has 31 heavy (non-hydrogen) atoms. The van der Waals surface area contributed by atoms with E-state index in [4.69, 9.17) is 0 Å². The third kappa shape index (κ3) is 2.98. The van der Waals surface area contributed by atoms with Crippen LogP contribution in [0.3, 0.4) is 0 Å². The van der Waals surface area contributed by atoms with Crippen LogP contribution in [0, 0.1) is 5.41 Å².